The Morgan fingerprint density at radius 1 is 1.36 bits per heavy atom. The molecule has 0 radical (unpaired) electrons. The quantitative estimate of drug-likeness (QED) is 0.825. The third kappa shape index (κ3) is 3.16. The van der Waals surface area contributed by atoms with Crippen molar-refractivity contribution in [2.45, 2.75) is 26.3 Å². The standard InChI is InChI=1S/C11H15Cl2N/c1-3-6-14-8(2)10-7-9(12)4-5-11(10)13/h4-5,7-8,14H,3,6H2,1-2H3/t8-/m0/s1. The highest BCUT2D eigenvalue weighted by Gasteiger charge is 2.08. The first-order valence-corrected chi connectivity index (χ1v) is 5.59. The number of benzene rings is 1. The molecule has 1 rings (SSSR count). The summed E-state index contributed by atoms with van der Waals surface area (Å²) in [4.78, 5) is 0. The Balaban J connectivity index is 2.77. The molecule has 0 amide bonds. The molecule has 1 atom stereocenters. The average molecular weight is 232 g/mol. The second-order valence-electron chi connectivity index (χ2n) is 3.34. The summed E-state index contributed by atoms with van der Waals surface area (Å²) in [5.41, 5.74) is 1.06. The highest BCUT2D eigenvalue weighted by molar-refractivity contribution is 6.33. The summed E-state index contributed by atoms with van der Waals surface area (Å²) >= 11 is 12.0. The molecule has 0 bridgehead atoms. The molecule has 0 saturated heterocycles. The maximum Gasteiger partial charge on any atom is 0.0454 e. The number of nitrogens with one attached hydrogen (secondary N) is 1. The molecule has 3 heteroatoms. The Morgan fingerprint density at radius 2 is 2.07 bits per heavy atom. The minimum absolute atomic E-state index is 0.251. The number of hydrogen-bond donors (Lipinski definition) is 1. The summed E-state index contributed by atoms with van der Waals surface area (Å²) in [5, 5.41) is 4.87. The van der Waals surface area contributed by atoms with Crippen LogP contribution in [-0.4, -0.2) is 6.54 Å². The molecule has 0 unspecified atom stereocenters. The van der Waals surface area contributed by atoms with Crippen LogP contribution in [0.1, 0.15) is 31.9 Å². The van der Waals surface area contributed by atoms with Crippen LogP contribution in [0, 0.1) is 0 Å². The topological polar surface area (TPSA) is 12.0 Å². The predicted octanol–water partition coefficient (Wildman–Crippen LogP) is 4.05. The summed E-state index contributed by atoms with van der Waals surface area (Å²) < 4.78 is 0. The molecule has 1 nitrogen and oxygen atoms in total. The molecule has 1 aromatic carbocycles. The van der Waals surface area contributed by atoms with Gasteiger partial charge in [0.05, 0.1) is 0 Å². The molecule has 0 aliphatic carbocycles. The van der Waals surface area contributed by atoms with Crippen LogP contribution in [0.25, 0.3) is 0 Å². The van der Waals surface area contributed by atoms with Crippen LogP contribution in [0.2, 0.25) is 10.0 Å². The molecule has 78 valence electrons. The van der Waals surface area contributed by atoms with Crippen LogP contribution in [0.15, 0.2) is 18.2 Å². The van der Waals surface area contributed by atoms with Gasteiger partial charge in [0, 0.05) is 16.1 Å². The van der Waals surface area contributed by atoms with E-state index in [0.717, 1.165) is 28.6 Å². The lowest BCUT2D eigenvalue weighted by Crippen LogP contribution is -2.19. The van der Waals surface area contributed by atoms with Crippen LogP contribution in [-0.2, 0) is 0 Å². The van der Waals surface area contributed by atoms with Crippen molar-refractivity contribution < 1.29 is 0 Å². The fourth-order valence-electron chi connectivity index (χ4n) is 1.32. The van der Waals surface area contributed by atoms with Crippen LogP contribution >= 0.6 is 23.2 Å². The Kier molecular flexibility index (Phi) is 4.73. The average Bonchev–Trinajstić information content (AvgIpc) is 2.18. The van der Waals surface area contributed by atoms with Crippen molar-refractivity contribution in [1.29, 1.82) is 0 Å². The Bertz CT molecular complexity index is 299. The van der Waals surface area contributed by atoms with Crippen LogP contribution in [0.5, 0.6) is 0 Å². The van der Waals surface area contributed by atoms with Gasteiger partial charge in [0.15, 0.2) is 0 Å². The lowest BCUT2D eigenvalue weighted by atomic mass is 10.1. The van der Waals surface area contributed by atoms with E-state index in [1.54, 1.807) is 6.07 Å². The maximum atomic E-state index is 6.07. The Hall–Kier alpha value is -0.240. The van der Waals surface area contributed by atoms with E-state index >= 15 is 0 Å². The van der Waals surface area contributed by atoms with Crippen molar-refractivity contribution in [3.05, 3.63) is 33.8 Å². The van der Waals surface area contributed by atoms with Gasteiger partial charge >= 0.3 is 0 Å². The van der Waals surface area contributed by atoms with Crippen molar-refractivity contribution in [1.82, 2.24) is 5.32 Å². The summed E-state index contributed by atoms with van der Waals surface area (Å²) in [6, 6.07) is 5.81. The van der Waals surface area contributed by atoms with E-state index in [4.69, 9.17) is 23.2 Å². The molecule has 0 aromatic heterocycles. The monoisotopic (exact) mass is 231 g/mol. The van der Waals surface area contributed by atoms with Crippen molar-refractivity contribution in [3.8, 4) is 0 Å². The summed E-state index contributed by atoms with van der Waals surface area (Å²) in [6.07, 6.45) is 1.11. The summed E-state index contributed by atoms with van der Waals surface area (Å²) in [7, 11) is 0. The fourth-order valence-corrected chi connectivity index (χ4v) is 1.78. The first-order valence-electron chi connectivity index (χ1n) is 4.83. The molecule has 0 aliphatic rings. The van der Waals surface area contributed by atoms with E-state index in [1.807, 2.05) is 12.1 Å². The van der Waals surface area contributed by atoms with E-state index in [2.05, 4.69) is 19.2 Å². The molecule has 14 heavy (non-hydrogen) atoms. The smallest absolute Gasteiger partial charge is 0.0454 e. The van der Waals surface area contributed by atoms with Gasteiger partial charge in [-0.2, -0.15) is 0 Å². The zero-order valence-electron chi connectivity index (χ0n) is 8.48. The predicted molar refractivity (Wildman–Crippen MR) is 63.2 cm³/mol. The maximum absolute atomic E-state index is 6.07. The molecular formula is C11H15Cl2N. The Labute approximate surface area is 95.4 Å². The van der Waals surface area contributed by atoms with E-state index in [9.17, 15) is 0 Å². The summed E-state index contributed by atoms with van der Waals surface area (Å²) in [6.45, 7) is 5.22. The molecule has 0 fully saturated rings. The third-order valence-electron chi connectivity index (χ3n) is 2.13. The van der Waals surface area contributed by atoms with Gasteiger partial charge in [-0.15, -0.1) is 0 Å². The molecule has 1 aromatic rings. The first kappa shape index (κ1) is 11.8. The van der Waals surface area contributed by atoms with Gasteiger partial charge in [-0.3, -0.25) is 0 Å². The second-order valence-corrected chi connectivity index (χ2v) is 4.19. The highest BCUT2D eigenvalue weighted by atomic mass is 35.5. The molecule has 1 N–H and O–H groups in total. The normalized spacial score (nSPS) is 12.9. The van der Waals surface area contributed by atoms with E-state index in [1.165, 1.54) is 0 Å². The second kappa shape index (κ2) is 5.59. The van der Waals surface area contributed by atoms with Crippen molar-refractivity contribution in [3.63, 3.8) is 0 Å². The van der Waals surface area contributed by atoms with E-state index in [-0.39, 0.29) is 6.04 Å². The van der Waals surface area contributed by atoms with E-state index in [0.29, 0.717) is 0 Å². The molecule has 0 saturated carbocycles. The lowest BCUT2D eigenvalue weighted by molar-refractivity contribution is 0.571. The van der Waals surface area contributed by atoms with Gasteiger partial charge < -0.3 is 5.32 Å². The highest BCUT2D eigenvalue weighted by Crippen LogP contribution is 2.25. The number of rotatable bonds is 4. The minimum Gasteiger partial charge on any atom is -0.310 e. The van der Waals surface area contributed by atoms with Gasteiger partial charge in [-0.1, -0.05) is 30.1 Å². The van der Waals surface area contributed by atoms with Gasteiger partial charge in [-0.05, 0) is 43.7 Å². The third-order valence-corrected chi connectivity index (χ3v) is 2.70. The number of halogens is 2. The molecule has 0 heterocycles. The molecule has 0 spiro atoms. The minimum atomic E-state index is 0.251. The molecular weight excluding hydrogens is 217 g/mol. The first-order chi connectivity index (χ1) is 6.65. The van der Waals surface area contributed by atoms with Gasteiger partial charge in [0.2, 0.25) is 0 Å². The summed E-state index contributed by atoms with van der Waals surface area (Å²) in [5.74, 6) is 0. The van der Waals surface area contributed by atoms with E-state index < -0.39 is 0 Å². The zero-order valence-corrected chi connectivity index (χ0v) is 9.99. The SMILES string of the molecule is CCCN[C@@H](C)c1cc(Cl)ccc1Cl. The van der Waals surface area contributed by atoms with Gasteiger partial charge in [0.1, 0.15) is 0 Å². The zero-order chi connectivity index (χ0) is 10.6. The van der Waals surface area contributed by atoms with Crippen molar-refractivity contribution >= 4 is 23.2 Å². The van der Waals surface area contributed by atoms with Gasteiger partial charge in [-0.25, -0.2) is 0 Å². The molecule has 0 aliphatic heterocycles. The fraction of sp³-hybridized carbons (Fsp3) is 0.455. The van der Waals surface area contributed by atoms with Crippen LogP contribution in [0.3, 0.4) is 0 Å². The Morgan fingerprint density at radius 3 is 2.71 bits per heavy atom. The van der Waals surface area contributed by atoms with Crippen molar-refractivity contribution in [2.24, 2.45) is 0 Å². The largest absolute Gasteiger partial charge is 0.310 e. The number of hydrogen-bond acceptors (Lipinski definition) is 1. The lowest BCUT2D eigenvalue weighted by Gasteiger charge is -2.15. The van der Waals surface area contributed by atoms with Crippen LogP contribution in [0.4, 0.5) is 0 Å². The van der Waals surface area contributed by atoms with Gasteiger partial charge in [0.25, 0.3) is 0 Å². The van der Waals surface area contributed by atoms with Crippen molar-refractivity contribution in [2.75, 3.05) is 6.54 Å². The van der Waals surface area contributed by atoms with Crippen LogP contribution < -0.4 is 5.32 Å².